The molecule has 0 saturated heterocycles. The minimum absolute atomic E-state index is 0.00482. The van der Waals surface area contributed by atoms with Gasteiger partial charge in [-0.2, -0.15) is 0 Å². The van der Waals surface area contributed by atoms with Crippen LogP contribution in [0, 0.1) is 5.92 Å². The third-order valence-corrected chi connectivity index (χ3v) is 6.28. The van der Waals surface area contributed by atoms with Gasteiger partial charge in [0, 0.05) is 13.0 Å². The second-order valence-electron chi connectivity index (χ2n) is 7.34. The number of rotatable bonds is 8. The van der Waals surface area contributed by atoms with Crippen molar-refractivity contribution < 1.29 is 4.79 Å². The minimum atomic E-state index is 0.00482. The summed E-state index contributed by atoms with van der Waals surface area (Å²) in [5.74, 6) is 2.19. The highest BCUT2D eigenvalue weighted by molar-refractivity contribution is 7.99. The fraction of sp³-hybridized carbons (Fsp3) is 0.571. The number of aromatic nitrogens is 3. The summed E-state index contributed by atoms with van der Waals surface area (Å²) in [5, 5.41) is 12.7. The molecule has 2 aromatic rings. The number of amides is 1. The van der Waals surface area contributed by atoms with E-state index in [2.05, 4.69) is 27.0 Å². The summed E-state index contributed by atoms with van der Waals surface area (Å²) >= 11 is 1.48. The Morgan fingerprint density at radius 2 is 1.96 bits per heavy atom. The molecule has 1 N–H and O–H groups in total. The molecule has 1 aliphatic rings. The van der Waals surface area contributed by atoms with Gasteiger partial charge < -0.3 is 9.88 Å². The number of carbonyl (C=O) groups is 1. The van der Waals surface area contributed by atoms with Crippen molar-refractivity contribution in [3.63, 3.8) is 0 Å². The third-order valence-electron chi connectivity index (χ3n) is 5.32. The van der Waals surface area contributed by atoms with Crippen LogP contribution in [0.1, 0.15) is 63.4 Å². The maximum absolute atomic E-state index is 12.3. The summed E-state index contributed by atoms with van der Waals surface area (Å²) in [4.78, 5) is 12.3. The molecule has 1 saturated carbocycles. The number of hydrogen-bond acceptors (Lipinski definition) is 4. The molecular formula is C21H30N4OS. The maximum atomic E-state index is 12.3. The molecule has 5 nitrogen and oxygen atoms in total. The van der Waals surface area contributed by atoms with Crippen LogP contribution < -0.4 is 5.32 Å². The van der Waals surface area contributed by atoms with Gasteiger partial charge in [0.2, 0.25) is 5.91 Å². The van der Waals surface area contributed by atoms with Gasteiger partial charge in [-0.1, -0.05) is 74.2 Å². The highest BCUT2D eigenvalue weighted by Gasteiger charge is 2.19. The van der Waals surface area contributed by atoms with Gasteiger partial charge in [-0.15, -0.1) is 10.2 Å². The SMILES string of the molecule is CCn1c(CC2CCCCC2)nnc1SCC(=O)NC(C)c1ccccc1. The summed E-state index contributed by atoms with van der Waals surface area (Å²) in [5.41, 5.74) is 1.11. The molecule has 3 rings (SSSR count). The average molecular weight is 387 g/mol. The van der Waals surface area contributed by atoms with E-state index < -0.39 is 0 Å². The van der Waals surface area contributed by atoms with Crippen LogP contribution in [0.4, 0.5) is 0 Å². The first kappa shape index (κ1) is 19.9. The van der Waals surface area contributed by atoms with Crippen molar-refractivity contribution in [2.24, 2.45) is 5.92 Å². The summed E-state index contributed by atoms with van der Waals surface area (Å²) < 4.78 is 2.17. The van der Waals surface area contributed by atoms with Crippen LogP contribution >= 0.6 is 11.8 Å². The fourth-order valence-corrected chi connectivity index (χ4v) is 4.61. The van der Waals surface area contributed by atoms with Crippen molar-refractivity contribution in [3.8, 4) is 0 Å². The molecule has 0 bridgehead atoms. The largest absolute Gasteiger partial charge is 0.349 e. The number of hydrogen-bond donors (Lipinski definition) is 1. The summed E-state index contributed by atoms with van der Waals surface area (Å²) in [6, 6.07) is 10.0. The van der Waals surface area contributed by atoms with E-state index in [4.69, 9.17) is 0 Å². The molecule has 0 aliphatic heterocycles. The molecule has 1 aliphatic carbocycles. The predicted molar refractivity (Wildman–Crippen MR) is 110 cm³/mol. The summed E-state index contributed by atoms with van der Waals surface area (Å²) in [7, 11) is 0. The Balaban J connectivity index is 1.53. The Labute approximate surface area is 166 Å². The van der Waals surface area contributed by atoms with Gasteiger partial charge in [-0.25, -0.2) is 0 Å². The monoisotopic (exact) mass is 386 g/mol. The van der Waals surface area contributed by atoms with Gasteiger partial charge >= 0.3 is 0 Å². The van der Waals surface area contributed by atoms with Gasteiger partial charge in [-0.05, 0) is 25.3 Å². The molecule has 1 heterocycles. The molecule has 27 heavy (non-hydrogen) atoms. The molecule has 0 radical (unpaired) electrons. The van der Waals surface area contributed by atoms with Gasteiger partial charge in [0.15, 0.2) is 5.16 Å². The first-order valence-corrected chi connectivity index (χ1v) is 11.0. The van der Waals surface area contributed by atoms with Crippen LogP contribution in [0.2, 0.25) is 0 Å². The number of carbonyl (C=O) groups excluding carboxylic acids is 1. The van der Waals surface area contributed by atoms with E-state index in [0.29, 0.717) is 5.75 Å². The van der Waals surface area contributed by atoms with Crippen LogP contribution in [0.15, 0.2) is 35.5 Å². The van der Waals surface area contributed by atoms with Crippen molar-refractivity contribution in [1.29, 1.82) is 0 Å². The van der Waals surface area contributed by atoms with E-state index >= 15 is 0 Å². The van der Waals surface area contributed by atoms with Crippen molar-refractivity contribution in [2.75, 3.05) is 5.75 Å². The lowest BCUT2D eigenvalue weighted by atomic mass is 9.87. The van der Waals surface area contributed by atoms with E-state index in [-0.39, 0.29) is 11.9 Å². The number of nitrogens with one attached hydrogen (secondary N) is 1. The van der Waals surface area contributed by atoms with Crippen molar-refractivity contribution in [1.82, 2.24) is 20.1 Å². The molecule has 1 unspecified atom stereocenters. The maximum Gasteiger partial charge on any atom is 0.230 e. The summed E-state index contributed by atoms with van der Waals surface area (Å²) in [6.07, 6.45) is 7.67. The van der Waals surface area contributed by atoms with Gasteiger partial charge in [0.1, 0.15) is 5.82 Å². The normalized spacial score (nSPS) is 16.2. The quantitative estimate of drug-likeness (QED) is 0.684. The second kappa shape index (κ2) is 9.93. The zero-order valence-corrected chi connectivity index (χ0v) is 17.2. The molecule has 1 aromatic heterocycles. The first-order valence-electron chi connectivity index (χ1n) is 10.1. The number of thioether (sulfide) groups is 1. The Hall–Kier alpha value is -1.82. The lowest BCUT2D eigenvalue weighted by Gasteiger charge is -2.21. The molecule has 6 heteroatoms. The second-order valence-corrected chi connectivity index (χ2v) is 8.28. The first-order chi connectivity index (χ1) is 13.2. The molecule has 146 valence electrons. The minimum Gasteiger partial charge on any atom is -0.349 e. The van der Waals surface area contributed by atoms with Crippen LogP contribution in [-0.4, -0.2) is 26.4 Å². The van der Waals surface area contributed by atoms with Gasteiger partial charge in [-0.3, -0.25) is 4.79 Å². The molecule has 1 amide bonds. The predicted octanol–water partition coefficient (Wildman–Crippen LogP) is 4.39. The lowest BCUT2D eigenvalue weighted by molar-refractivity contribution is -0.119. The Kier molecular flexibility index (Phi) is 7.33. The average Bonchev–Trinajstić information content (AvgIpc) is 3.09. The standard InChI is InChI=1S/C21H30N4OS/c1-3-25-19(14-17-10-6-4-7-11-17)23-24-21(25)27-15-20(26)22-16(2)18-12-8-5-9-13-18/h5,8-9,12-13,16-17H,3-4,6-7,10-11,14-15H2,1-2H3,(H,22,26). The summed E-state index contributed by atoms with van der Waals surface area (Å²) in [6.45, 7) is 4.98. The molecule has 0 spiro atoms. The zero-order valence-electron chi connectivity index (χ0n) is 16.4. The highest BCUT2D eigenvalue weighted by atomic mass is 32.2. The lowest BCUT2D eigenvalue weighted by Crippen LogP contribution is -2.28. The van der Waals surface area contributed by atoms with Crippen LogP contribution in [-0.2, 0) is 17.8 Å². The fourth-order valence-electron chi connectivity index (χ4n) is 3.78. The Morgan fingerprint density at radius 3 is 2.67 bits per heavy atom. The molecule has 1 fully saturated rings. The van der Waals surface area contributed by atoms with Crippen molar-refractivity contribution >= 4 is 17.7 Å². The van der Waals surface area contributed by atoms with Crippen LogP contribution in [0.5, 0.6) is 0 Å². The van der Waals surface area contributed by atoms with Crippen molar-refractivity contribution in [3.05, 3.63) is 41.7 Å². The zero-order chi connectivity index (χ0) is 19.1. The van der Waals surface area contributed by atoms with Crippen LogP contribution in [0.3, 0.4) is 0 Å². The van der Waals surface area contributed by atoms with Crippen molar-refractivity contribution in [2.45, 2.75) is 70.1 Å². The number of benzene rings is 1. The van der Waals surface area contributed by atoms with E-state index in [1.165, 1.54) is 43.9 Å². The topological polar surface area (TPSA) is 59.8 Å². The van der Waals surface area contributed by atoms with E-state index in [9.17, 15) is 4.79 Å². The van der Waals surface area contributed by atoms with E-state index in [1.54, 1.807) is 0 Å². The van der Waals surface area contributed by atoms with E-state index in [0.717, 1.165) is 35.4 Å². The third kappa shape index (κ3) is 5.58. The Morgan fingerprint density at radius 1 is 1.22 bits per heavy atom. The van der Waals surface area contributed by atoms with Gasteiger partial charge in [0.05, 0.1) is 11.8 Å². The Bertz CT molecular complexity index is 725. The van der Waals surface area contributed by atoms with Gasteiger partial charge in [0.25, 0.3) is 0 Å². The molecule has 1 atom stereocenters. The number of nitrogens with zero attached hydrogens (tertiary/aromatic N) is 3. The van der Waals surface area contributed by atoms with E-state index in [1.807, 2.05) is 37.3 Å². The molecule has 1 aromatic carbocycles. The molecular weight excluding hydrogens is 356 g/mol. The smallest absolute Gasteiger partial charge is 0.230 e. The van der Waals surface area contributed by atoms with Crippen LogP contribution in [0.25, 0.3) is 0 Å². The highest BCUT2D eigenvalue weighted by Crippen LogP contribution is 2.27.